The van der Waals surface area contributed by atoms with Gasteiger partial charge in [0.1, 0.15) is 12.6 Å². The van der Waals surface area contributed by atoms with Crippen LogP contribution in [0.5, 0.6) is 11.5 Å². The standard InChI is InChI=1S/C38H44ClN3O6S/c1-7-28(4)40-38(44)34(22-29-11-9-8-10-12-29)41(24-30-13-15-31(39)16-14-30)37(43)25-42(32-20-26(2)19-27(3)21-32)49(45,46)33-17-18-35(47-5)36(23-33)48-6/h8-21,23,28,34H,7,22,24-25H2,1-6H3,(H,40,44)/t28-,34+/m1/s1. The largest absolute Gasteiger partial charge is 0.493 e. The number of nitrogens with one attached hydrogen (secondary N) is 1. The molecule has 0 aliphatic carbocycles. The molecule has 260 valence electrons. The van der Waals surface area contributed by atoms with E-state index in [0.29, 0.717) is 22.9 Å². The van der Waals surface area contributed by atoms with Gasteiger partial charge in [-0.2, -0.15) is 0 Å². The zero-order valence-corrected chi connectivity index (χ0v) is 30.3. The highest BCUT2D eigenvalue weighted by Crippen LogP contribution is 2.33. The smallest absolute Gasteiger partial charge is 0.264 e. The third-order valence-corrected chi connectivity index (χ3v) is 10.3. The normalized spacial score (nSPS) is 12.5. The number of methoxy groups -OCH3 is 2. The lowest BCUT2D eigenvalue weighted by Crippen LogP contribution is -2.54. The van der Waals surface area contributed by atoms with Crippen LogP contribution in [-0.4, -0.2) is 58.0 Å². The summed E-state index contributed by atoms with van der Waals surface area (Å²) in [5.41, 5.74) is 3.54. The molecule has 0 saturated heterocycles. The summed E-state index contributed by atoms with van der Waals surface area (Å²) in [4.78, 5) is 30.1. The molecule has 4 rings (SSSR count). The molecule has 0 saturated carbocycles. The average molecular weight is 706 g/mol. The van der Waals surface area contributed by atoms with Crippen LogP contribution in [0.4, 0.5) is 5.69 Å². The number of benzene rings is 4. The summed E-state index contributed by atoms with van der Waals surface area (Å²) >= 11 is 6.18. The summed E-state index contributed by atoms with van der Waals surface area (Å²) in [5.74, 6) is -0.301. The number of hydrogen-bond acceptors (Lipinski definition) is 6. The third-order valence-electron chi connectivity index (χ3n) is 8.25. The molecular weight excluding hydrogens is 662 g/mol. The van der Waals surface area contributed by atoms with Crippen LogP contribution in [0.15, 0.2) is 95.9 Å². The summed E-state index contributed by atoms with van der Waals surface area (Å²) in [6.45, 7) is 7.06. The van der Waals surface area contributed by atoms with Gasteiger partial charge in [-0.1, -0.05) is 67.1 Å². The summed E-state index contributed by atoms with van der Waals surface area (Å²) in [5, 5.41) is 3.57. The molecule has 4 aromatic rings. The van der Waals surface area contributed by atoms with Gasteiger partial charge in [0, 0.05) is 30.1 Å². The highest BCUT2D eigenvalue weighted by atomic mass is 35.5. The average Bonchev–Trinajstić information content (AvgIpc) is 3.08. The second-order valence-corrected chi connectivity index (χ2v) is 14.3. The Morgan fingerprint density at radius 2 is 1.47 bits per heavy atom. The number of carbonyl (C=O) groups is 2. The third kappa shape index (κ3) is 9.55. The molecular formula is C38H44ClN3O6S. The van der Waals surface area contributed by atoms with Crippen LogP contribution in [0.1, 0.15) is 42.5 Å². The minimum Gasteiger partial charge on any atom is -0.493 e. The van der Waals surface area contributed by atoms with Gasteiger partial charge >= 0.3 is 0 Å². The molecule has 0 fully saturated rings. The lowest BCUT2D eigenvalue weighted by molar-refractivity contribution is -0.140. The lowest BCUT2D eigenvalue weighted by atomic mass is 10.0. The number of nitrogens with zero attached hydrogens (tertiary/aromatic N) is 2. The molecule has 2 amide bonds. The van der Waals surface area contributed by atoms with E-state index in [1.807, 2.05) is 64.1 Å². The number of amides is 2. The van der Waals surface area contributed by atoms with Gasteiger partial charge < -0.3 is 19.7 Å². The van der Waals surface area contributed by atoms with Crippen molar-refractivity contribution in [2.24, 2.45) is 0 Å². The van der Waals surface area contributed by atoms with Gasteiger partial charge in [0.2, 0.25) is 11.8 Å². The molecule has 0 aromatic heterocycles. The van der Waals surface area contributed by atoms with E-state index in [2.05, 4.69) is 5.32 Å². The van der Waals surface area contributed by atoms with Gasteiger partial charge in [-0.25, -0.2) is 8.42 Å². The van der Waals surface area contributed by atoms with Crippen molar-refractivity contribution in [3.63, 3.8) is 0 Å². The van der Waals surface area contributed by atoms with Gasteiger partial charge in [-0.3, -0.25) is 13.9 Å². The monoisotopic (exact) mass is 705 g/mol. The van der Waals surface area contributed by atoms with E-state index >= 15 is 0 Å². The molecule has 0 heterocycles. The Labute approximate surface area is 294 Å². The fourth-order valence-corrected chi connectivity index (χ4v) is 7.05. The molecule has 0 unspecified atom stereocenters. The zero-order valence-electron chi connectivity index (χ0n) is 28.8. The van der Waals surface area contributed by atoms with Crippen LogP contribution in [0, 0.1) is 13.8 Å². The Kier molecular flexibility index (Phi) is 12.7. The molecule has 2 atom stereocenters. The first-order valence-electron chi connectivity index (χ1n) is 16.1. The zero-order chi connectivity index (χ0) is 35.7. The molecule has 0 radical (unpaired) electrons. The van der Waals surface area contributed by atoms with Gasteiger partial charge in [0.25, 0.3) is 10.0 Å². The van der Waals surface area contributed by atoms with Crippen LogP contribution >= 0.6 is 11.6 Å². The van der Waals surface area contributed by atoms with Crippen LogP contribution < -0.4 is 19.1 Å². The van der Waals surface area contributed by atoms with E-state index in [1.165, 1.54) is 37.3 Å². The van der Waals surface area contributed by atoms with Crippen LogP contribution in [0.25, 0.3) is 0 Å². The van der Waals surface area contributed by atoms with Crippen LogP contribution in [-0.2, 0) is 32.6 Å². The number of aryl methyl sites for hydroxylation is 2. The predicted molar refractivity (Wildman–Crippen MR) is 194 cm³/mol. The quantitative estimate of drug-likeness (QED) is 0.147. The second kappa shape index (κ2) is 16.7. The fraction of sp³-hybridized carbons (Fsp3) is 0.316. The Balaban J connectivity index is 1.85. The van der Waals surface area contributed by atoms with E-state index in [9.17, 15) is 18.0 Å². The Morgan fingerprint density at radius 1 is 0.837 bits per heavy atom. The maximum absolute atomic E-state index is 14.7. The van der Waals surface area contributed by atoms with Gasteiger partial charge in [0.15, 0.2) is 11.5 Å². The van der Waals surface area contributed by atoms with Crippen molar-refractivity contribution in [2.75, 3.05) is 25.1 Å². The SMILES string of the molecule is CC[C@@H](C)NC(=O)[C@H](Cc1ccccc1)N(Cc1ccc(Cl)cc1)C(=O)CN(c1cc(C)cc(C)c1)S(=O)(=O)c1ccc(OC)c(OC)c1. The summed E-state index contributed by atoms with van der Waals surface area (Å²) < 4.78 is 40.9. The Morgan fingerprint density at radius 3 is 2.06 bits per heavy atom. The van der Waals surface area contributed by atoms with Crippen molar-refractivity contribution in [3.05, 3.63) is 118 Å². The van der Waals surface area contributed by atoms with Gasteiger partial charge in [-0.05, 0) is 85.8 Å². The van der Waals surface area contributed by atoms with Crippen LogP contribution in [0.2, 0.25) is 5.02 Å². The van der Waals surface area contributed by atoms with E-state index in [0.717, 1.165) is 26.6 Å². The van der Waals surface area contributed by atoms with Crippen molar-refractivity contribution in [1.29, 1.82) is 0 Å². The van der Waals surface area contributed by atoms with Gasteiger partial charge in [-0.15, -0.1) is 0 Å². The second-order valence-electron chi connectivity index (χ2n) is 12.0. The van der Waals surface area contributed by atoms with Crippen LogP contribution in [0.3, 0.4) is 0 Å². The molecule has 0 spiro atoms. The highest BCUT2D eigenvalue weighted by Gasteiger charge is 2.35. The summed E-state index contributed by atoms with van der Waals surface area (Å²) in [7, 11) is -1.46. The summed E-state index contributed by atoms with van der Waals surface area (Å²) in [6, 6.07) is 25.0. The van der Waals surface area contributed by atoms with E-state index in [1.54, 1.807) is 36.4 Å². The fourth-order valence-electron chi connectivity index (χ4n) is 5.51. The predicted octanol–water partition coefficient (Wildman–Crippen LogP) is 6.72. The number of halogens is 1. The molecule has 1 N–H and O–H groups in total. The number of sulfonamides is 1. The van der Waals surface area contributed by atoms with Crippen molar-refractivity contribution < 1.29 is 27.5 Å². The van der Waals surface area contributed by atoms with Gasteiger partial charge in [0.05, 0.1) is 24.8 Å². The first kappa shape index (κ1) is 37.3. The molecule has 9 nitrogen and oxygen atoms in total. The number of ether oxygens (including phenoxy) is 2. The molecule has 11 heteroatoms. The number of hydrogen-bond donors (Lipinski definition) is 1. The van der Waals surface area contributed by atoms with Crippen molar-refractivity contribution in [2.45, 2.75) is 64.1 Å². The Bertz CT molecular complexity index is 1830. The first-order chi connectivity index (χ1) is 23.4. The maximum Gasteiger partial charge on any atom is 0.264 e. The minimum atomic E-state index is -4.35. The molecule has 49 heavy (non-hydrogen) atoms. The van der Waals surface area contributed by atoms with E-state index in [4.69, 9.17) is 21.1 Å². The molecule has 4 aromatic carbocycles. The number of carbonyl (C=O) groups excluding carboxylic acids is 2. The molecule has 0 aliphatic rings. The number of anilines is 1. The Hall–Kier alpha value is -4.54. The van der Waals surface area contributed by atoms with E-state index in [-0.39, 0.29) is 35.6 Å². The van der Waals surface area contributed by atoms with Crippen molar-refractivity contribution in [1.82, 2.24) is 10.2 Å². The summed E-state index contributed by atoms with van der Waals surface area (Å²) in [6.07, 6.45) is 0.910. The first-order valence-corrected chi connectivity index (χ1v) is 17.9. The minimum absolute atomic E-state index is 0.0402. The number of rotatable bonds is 15. The molecule has 0 bridgehead atoms. The lowest BCUT2D eigenvalue weighted by Gasteiger charge is -2.34. The highest BCUT2D eigenvalue weighted by molar-refractivity contribution is 7.92. The molecule has 0 aliphatic heterocycles. The van der Waals surface area contributed by atoms with E-state index < -0.39 is 28.5 Å². The van der Waals surface area contributed by atoms with Crippen molar-refractivity contribution >= 4 is 39.1 Å². The van der Waals surface area contributed by atoms with Crippen molar-refractivity contribution in [3.8, 4) is 11.5 Å². The topological polar surface area (TPSA) is 105 Å². The maximum atomic E-state index is 14.7.